The Bertz CT molecular complexity index is 232. The molecule has 0 saturated carbocycles. The van der Waals surface area contributed by atoms with Gasteiger partial charge in [0, 0.05) is 6.61 Å². The minimum Gasteiger partial charge on any atom is -0.479 e. The van der Waals surface area contributed by atoms with E-state index in [4.69, 9.17) is 19.7 Å². The predicted octanol–water partition coefficient (Wildman–Crippen LogP) is 1.09. The highest BCUT2D eigenvalue weighted by Gasteiger charge is 2.38. The third kappa shape index (κ3) is 3.79. The van der Waals surface area contributed by atoms with Crippen LogP contribution in [0.25, 0.3) is 0 Å². The molecule has 0 unspecified atom stereocenters. The van der Waals surface area contributed by atoms with Gasteiger partial charge in [0.2, 0.25) is 0 Å². The summed E-state index contributed by atoms with van der Waals surface area (Å²) in [6.07, 6.45) is -1.13. The topological polar surface area (TPSA) is 93.1 Å². The van der Waals surface area contributed by atoms with Crippen molar-refractivity contribution in [1.29, 1.82) is 0 Å². The van der Waals surface area contributed by atoms with E-state index >= 15 is 0 Å². The zero-order chi connectivity index (χ0) is 12.8. The molecular weight excluding hydrogens is 216 g/mol. The highest BCUT2D eigenvalue weighted by atomic mass is 16.7. The minimum atomic E-state index is -1.90. The highest BCUT2D eigenvalue weighted by Crippen LogP contribution is 2.24. The van der Waals surface area contributed by atoms with Crippen molar-refractivity contribution in [2.75, 3.05) is 6.61 Å². The van der Waals surface area contributed by atoms with E-state index in [-0.39, 0.29) is 0 Å². The molecule has 6 nitrogen and oxygen atoms in total. The van der Waals surface area contributed by atoms with E-state index in [1.165, 1.54) is 0 Å². The average Bonchev–Trinajstić information content (AvgIpc) is 2.23. The van der Waals surface area contributed by atoms with Crippen LogP contribution in [0.15, 0.2) is 0 Å². The Labute approximate surface area is 94.2 Å². The summed E-state index contributed by atoms with van der Waals surface area (Å²) in [5, 5.41) is 17.4. The van der Waals surface area contributed by atoms with Crippen molar-refractivity contribution in [3.63, 3.8) is 0 Å². The molecule has 0 saturated heterocycles. The molecule has 16 heavy (non-hydrogen) atoms. The third-order valence-electron chi connectivity index (χ3n) is 2.27. The van der Waals surface area contributed by atoms with Crippen LogP contribution < -0.4 is 0 Å². The summed E-state index contributed by atoms with van der Waals surface area (Å²) >= 11 is 0. The average molecular weight is 234 g/mol. The summed E-state index contributed by atoms with van der Waals surface area (Å²) < 4.78 is 10.4. The van der Waals surface area contributed by atoms with E-state index in [9.17, 15) is 9.59 Å². The van der Waals surface area contributed by atoms with Gasteiger partial charge in [-0.2, -0.15) is 0 Å². The van der Waals surface area contributed by atoms with Crippen LogP contribution in [0.3, 0.4) is 0 Å². The van der Waals surface area contributed by atoms with Gasteiger partial charge >= 0.3 is 11.9 Å². The Morgan fingerprint density at radius 2 is 1.56 bits per heavy atom. The molecule has 0 aliphatic carbocycles. The van der Waals surface area contributed by atoms with Gasteiger partial charge in [-0.1, -0.05) is 13.8 Å². The van der Waals surface area contributed by atoms with E-state index < -0.39 is 23.8 Å². The fraction of sp³-hybridized carbons (Fsp3) is 0.800. The Balaban J connectivity index is 4.82. The predicted molar refractivity (Wildman–Crippen MR) is 55.1 cm³/mol. The molecule has 0 rings (SSSR count). The Morgan fingerprint density at radius 3 is 1.81 bits per heavy atom. The minimum absolute atomic E-state index is 0.327. The molecule has 0 spiro atoms. The van der Waals surface area contributed by atoms with Crippen molar-refractivity contribution < 1.29 is 29.3 Å². The Morgan fingerprint density at radius 1 is 1.12 bits per heavy atom. The molecule has 0 aromatic carbocycles. The largest absolute Gasteiger partial charge is 0.479 e. The molecule has 0 bridgehead atoms. The summed E-state index contributed by atoms with van der Waals surface area (Å²) in [5.74, 6) is -4.20. The first-order valence-corrected chi connectivity index (χ1v) is 5.19. The van der Waals surface area contributed by atoms with Gasteiger partial charge < -0.3 is 19.7 Å². The lowest BCUT2D eigenvalue weighted by Crippen LogP contribution is -2.45. The van der Waals surface area contributed by atoms with Crippen molar-refractivity contribution in [2.24, 2.45) is 0 Å². The number of rotatable bonds is 8. The number of carbonyl (C=O) groups is 2. The smallest absolute Gasteiger partial charge is 0.344 e. The summed E-state index contributed by atoms with van der Waals surface area (Å²) in [4.78, 5) is 21.4. The van der Waals surface area contributed by atoms with Crippen LogP contribution in [0.5, 0.6) is 0 Å². The lowest BCUT2D eigenvalue weighted by Gasteiger charge is -2.32. The van der Waals surface area contributed by atoms with Crippen LogP contribution in [-0.2, 0) is 19.1 Å². The van der Waals surface area contributed by atoms with E-state index in [0.717, 1.165) is 0 Å². The molecule has 0 radical (unpaired) electrons. The van der Waals surface area contributed by atoms with Gasteiger partial charge in [-0.3, -0.25) is 0 Å². The zero-order valence-corrected chi connectivity index (χ0v) is 9.73. The van der Waals surface area contributed by atoms with Crippen LogP contribution in [0, 0.1) is 0 Å². The monoisotopic (exact) mass is 234 g/mol. The lowest BCUT2D eigenvalue weighted by molar-refractivity contribution is -0.261. The number of hydrogen-bond acceptors (Lipinski definition) is 4. The molecule has 0 aromatic rings. The number of ether oxygens (including phenoxy) is 2. The molecule has 2 N–H and O–H groups in total. The number of hydrogen-bond donors (Lipinski definition) is 2. The molecule has 0 aromatic heterocycles. The van der Waals surface area contributed by atoms with Gasteiger partial charge in [0.05, 0.1) is 0 Å². The van der Waals surface area contributed by atoms with E-state index in [1.54, 1.807) is 20.8 Å². The maximum atomic E-state index is 10.7. The first-order valence-electron chi connectivity index (χ1n) is 5.19. The number of carboxylic acids is 2. The first-order chi connectivity index (χ1) is 7.42. The van der Waals surface area contributed by atoms with Crippen LogP contribution in [0.4, 0.5) is 0 Å². The molecule has 0 aliphatic heterocycles. The maximum absolute atomic E-state index is 10.7. The van der Waals surface area contributed by atoms with Crippen molar-refractivity contribution >= 4 is 11.9 Å². The Hall–Kier alpha value is -1.14. The van der Waals surface area contributed by atoms with Gasteiger partial charge in [-0.25, -0.2) is 9.59 Å². The maximum Gasteiger partial charge on any atom is 0.344 e. The second-order valence-electron chi connectivity index (χ2n) is 3.23. The summed E-state index contributed by atoms with van der Waals surface area (Å²) in [7, 11) is 0. The Kier molecular flexibility index (Phi) is 5.98. The standard InChI is InChI=1S/C10H18O6/c1-4-10(5-2,15-6-3)16-7(8(11)12)9(13)14/h7H,4-6H2,1-3H3,(H,11,12)(H,13,14). The van der Waals surface area contributed by atoms with Gasteiger partial charge in [0.1, 0.15) is 0 Å². The number of carboxylic acid groups (broad SMARTS) is 2. The van der Waals surface area contributed by atoms with E-state index in [0.29, 0.717) is 19.4 Å². The summed E-state index contributed by atoms with van der Waals surface area (Å²) in [5.41, 5.74) is 0. The molecule has 0 atom stereocenters. The normalized spacial score (nSPS) is 11.8. The highest BCUT2D eigenvalue weighted by molar-refractivity contribution is 5.96. The van der Waals surface area contributed by atoms with Crippen LogP contribution in [0.2, 0.25) is 0 Å². The van der Waals surface area contributed by atoms with Gasteiger partial charge in [-0.15, -0.1) is 0 Å². The SMILES string of the molecule is CCOC(CC)(CC)OC(C(=O)O)C(=O)O. The summed E-state index contributed by atoms with van der Waals surface area (Å²) in [6.45, 7) is 5.56. The quantitative estimate of drug-likeness (QED) is 0.482. The zero-order valence-electron chi connectivity index (χ0n) is 9.73. The number of aliphatic carboxylic acids is 2. The molecule has 6 heteroatoms. The fourth-order valence-corrected chi connectivity index (χ4v) is 1.34. The molecule has 0 aliphatic rings. The third-order valence-corrected chi connectivity index (χ3v) is 2.27. The van der Waals surface area contributed by atoms with Crippen molar-refractivity contribution in [2.45, 2.75) is 45.5 Å². The van der Waals surface area contributed by atoms with Gasteiger partial charge in [0.15, 0.2) is 5.79 Å². The van der Waals surface area contributed by atoms with E-state index in [1.807, 2.05) is 0 Å². The molecule has 94 valence electrons. The van der Waals surface area contributed by atoms with Gasteiger partial charge in [0.25, 0.3) is 6.10 Å². The second kappa shape index (κ2) is 6.44. The first kappa shape index (κ1) is 14.9. The van der Waals surface area contributed by atoms with Crippen molar-refractivity contribution in [1.82, 2.24) is 0 Å². The molecule has 0 heterocycles. The molecule has 0 fully saturated rings. The van der Waals surface area contributed by atoms with Crippen LogP contribution in [-0.4, -0.2) is 40.6 Å². The molecular formula is C10H18O6. The van der Waals surface area contributed by atoms with Crippen molar-refractivity contribution in [3.8, 4) is 0 Å². The second-order valence-corrected chi connectivity index (χ2v) is 3.23. The van der Waals surface area contributed by atoms with Crippen molar-refractivity contribution in [3.05, 3.63) is 0 Å². The fourth-order valence-electron chi connectivity index (χ4n) is 1.34. The lowest BCUT2D eigenvalue weighted by atomic mass is 10.1. The van der Waals surface area contributed by atoms with Crippen LogP contribution in [0.1, 0.15) is 33.6 Å². The summed E-state index contributed by atoms with van der Waals surface area (Å²) in [6, 6.07) is 0. The molecule has 0 amide bonds. The van der Waals surface area contributed by atoms with Gasteiger partial charge in [-0.05, 0) is 19.8 Å². The van der Waals surface area contributed by atoms with Crippen LogP contribution >= 0.6 is 0 Å². The van der Waals surface area contributed by atoms with E-state index in [2.05, 4.69) is 0 Å².